The van der Waals surface area contributed by atoms with E-state index in [4.69, 9.17) is 4.74 Å². The number of nitrogens with zero attached hydrogens (tertiary/aromatic N) is 5. The highest BCUT2D eigenvalue weighted by molar-refractivity contribution is 6.01. The summed E-state index contributed by atoms with van der Waals surface area (Å²) in [6, 6.07) is 5.59. The molecule has 0 radical (unpaired) electrons. The summed E-state index contributed by atoms with van der Waals surface area (Å²) < 4.78 is 52.0. The molecule has 9 nitrogen and oxygen atoms in total. The summed E-state index contributed by atoms with van der Waals surface area (Å²) in [4.78, 5) is 29.1. The van der Waals surface area contributed by atoms with Crippen molar-refractivity contribution in [1.29, 1.82) is 0 Å². The maximum absolute atomic E-state index is 16.7. The largest absolute Gasteiger partial charge is 0.508 e. The van der Waals surface area contributed by atoms with Gasteiger partial charge in [0.05, 0.1) is 16.8 Å². The van der Waals surface area contributed by atoms with Crippen LogP contribution in [0.3, 0.4) is 0 Å². The maximum Gasteiger partial charge on any atom is 0.319 e. The molecule has 4 aromatic rings. The zero-order valence-electron chi connectivity index (χ0n) is 24.2. The van der Waals surface area contributed by atoms with Gasteiger partial charge in [0.15, 0.2) is 5.82 Å². The minimum absolute atomic E-state index is 0.102. The molecular formula is C32H32F3N5O4. The molecule has 3 aliphatic rings. The van der Waals surface area contributed by atoms with Crippen LogP contribution in [0, 0.1) is 17.6 Å². The third-order valence-corrected chi connectivity index (χ3v) is 9.47. The van der Waals surface area contributed by atoms with Gasteiger partial charge in [-0.3, -0.25) is 14.7 Å². The molecule has 1 unspecified atom stereocenters. The number of phenolic OH excluding ortho intramolecular Hbond substituents is 1. The third-order valence-electron chi connectivity index (χ3n) is 9.47. The van der Waals surface area contributed by atoms with E-state index >= 15 is 4.39 Å². The van der Waals surface area contributed by atoms with Crippen molar-refractivity contribution in [2.45, 2.75) is 50.7 Å². The van der Waals surface area contributed by atoms with Crippen LogP contribution in [0.2, 0.25) is 0 Å². The number of carbonyl (C=O) groups is 1. The molecule has 0 aliphatic carbocycles. The predicted octanol–water partition coefficient (Wildman–Crippen LogP) is 5.26. The molecule has 44 heavy (non-hydrogen) atoms. The molecule has 12 heteroatoms. The van der Waals surface area contributed by atoms with Gasteiger partial charge in [0.2, 0.25) is 0 Å². The van der Waals surface area contributed by atoms with Gasteiger partial charge in [0.1, 0.15) is 41.4 Å². The van der Waals surface area contributed by atoms with Gasteiger partial charge in [-0.05, 0) is 66.8 Å². The van der Waals surface area contributed by atoms with Crippen LogP contribution in [-0.2, 0) is 11.2 Å². The van der Waals surface area contributed by atoms with Crippen LogP contribution in [0.5, 0.6) is 11.8 Å². The molecule has 3 atom stereocenters. The Hall–Kier alpha value is -4.19. The number of phenols is 1. The van der Waals surface area contributed by atoms with Crippen LogP contribution < -0.4 is 9.64 Å². The van der Waals surface area contributed by atoms with E-state index in [0.717, 1.165) is 19.4 Å². The number of hydrogen-bond donors (Lipinski definition) is 2. The SMILES string of the molecule is CCc1c(F)ccc2cc(O)cc(-c3ncc4c(N5CCC(C(=O)O)C5)nc(OC[C@@]56CCCN5C[C@H](F)C6)nc4c3F)c12. The first-order valence-electron chi connectivity index (χ1n) is 15.0. The first-order chi connectivity index (χ1) is 21.2. The lowest BCUT2D eigenvalue weighted by atomic mass is 9.94. The highest BCUT2D eigenvalue weighted by Gasteiger charge is 2.49. The number of aromatic hydroxyl groups is 1. The van der Waals surface area contributed by atoms with Crippen molar-refractivity contribution in [3.8, 4) is 23.0 Å². The number of carboxylic acid groups (broad SMARTS) is 1. The Morgan fingerprint density at radius 2 is 2.02 bits per heavy atom. The molecule has 7 rings (SSSR count). The van der Waals surface area contributed by atoms with Gasteiger partial charge < -0.3 is 19.8 Å². The average molecular weight is 608 g/mol. The monoisotopic (exact) mass is 607 g/mol. The Morgan fingerprint density at radius 1 is 1.18 bits per heavy atom. The molecule has 0 bridgehead atoms. The fourth-order valence-corrected chi connectivity index (χ4v) is 7.35. The molecule has 0 amide bonds. The molecule has 3 saturated heterocycles. The van der Waals surface area contributed by atoms with E-state index in [1.807, 2.05) is 0 Å². The number of ether oxygens (including phenoxy) is 1. The maximum atomic E-state index is 16.7. The second-order valence-corrected chi connectivity index (χ2v) is 12.1. The molecule has 2 aromatic carbocycles. The van der Waals surface area contributed by atoms with Crippen LogP contribution in [0.4, 0.5) is 19.0 Å². The van der Waals surface area contributed by atoms with Crippen molar-refractivity contribution in [2.75, 3.05) is 37.7 Å². The van der Waals surface area contributed by atoms with Crippen molar-refractivity contribution in [3.05, 3.63) is 47.7 Å². The predicted molar refractivity (Wildman–Crippen MR) is 158 cm³/mol. The molecule has 2 N–H and O–H groups in total. The van der Waals surface area contributed by atoms with Crippen molar-refractivity contribution < 1.29 is 32.9 Å². The summed E-state index contributed by atoms with van der Waals surface area (Å²) in [5, 5.41) is 21.3. The number of fused-ring (bicyclic) bond motifs is 3. The highest BCUT2D eigenvalue weighted by atomic mass is 19.1. The van der Waals surface area contributed by atoms with E-state index in [1.165, 1.54) is 30.5 Å². The van der Waals surface area contributed by atoms with Crippen molar-refractivity contribution in [3.63, 3.8) is 0 Å². The summed E-state index contributed by atoms with van der Waals surface area (Å²) in [5.74, 6) is -2.63. The Balaban J connectivity index is 1.37. The van der Waals surface area contributed by atoms with Gasteiger partial charge in [-0.25, -0.2) is 13.2 Å². The van der Waals surface area contributed by atoms with E-state index in [0.29, 0.717) is 54.5 Å². The van der Waals surface area contributed by atoms with Gasteiger partial charge in [-0.1, -0.05) is 13.0 Å². The fourth-order valence-electron chi connectivity index (χ4n) is 7.35. The van der Waals surface area contributed by atoms with Gasteiger partial charge in [-0.2, -0.15) is 9.97 Å². The highest BCUT2D eigenvalue weighted by Crippen LogP contribution is 2.42. The summed E-state index contributed by atoms with van der Waals surface area (Å²) in [7, 11) is 0. The second-order valence-electron chi connectivity index (χ2n) is 12.1. The van der Waals surface area contributed by atoms with E-state index < -0.39 is 35.2 Å². The Bertz CT molecular complexity index is 1810. The van der Waals surface area contributed by atoms with E-state index in [-0.39, 0.29) is 47.1 Å². The van der Waals surface area contributed by atoms with Gasteiger partial charge in [0.25, 0.3) is 0 Å². The van der Waals surface area contributed by atoms with Gasteiger partial charge >= 0.3 is 12.0 Å². The topological polar surface area (TPSA) is 112 Å². The number of hydrogen-bond acceptors (Lipinski definition) is 8. The lowest BCUT2D eigenvalue weighted by molar-refractivity contribution is -0.140. The normalized spacial score (nSPS) is 23.6. The van der Waals surface area contributed by atoms with Crippen LogP contribution in [0.1, 0.15) is 38.2 Å². The number of aliphatic carboxylic acids is 1. The first-order valence-corrected chi connectivity index (χ1v) is 15.0. The lowest BCUT2D eigenvalue weighted by Gasteiger charge is -2.31. The molecule has 230 valence electrons. The van der Waals surface area contributed by atoms with Crippen LogP contribution in [-0.4, -0.2) is 80.5 Å². The molecule has 5 heterocycles. The Labute approximate surface area is 251 Å². The van der Waals surface area contributed by atoms with Gasteiger partial charge in [0, 0.05) is 37.8 Å². The van der Waals surface area contributed by atoms with E-state index in [9.17, 15) is 23.8 Å². The average Bonchev–Trinajstić information content (AvgIpc) is 3.71. The summed E-state index contributed by atoms with van der Waals surface area (Å²) in [5.41, 5.74) is -0.133. The standard InChI is InChI=1S/C32H32F3N5O4/c1-2-21-24(34)5-4-17-10-20(41)11-22(25(17)21)27-26(35)28-23(13-36-27)29(39-9-6-18(14-39)30(42)43)38-31(37-28)44-16-32-7-3-8-40(32)15-19(33)12-32/h4-5,10-11,13,18-19,41H,2-3,6-9,12,14-16H2,1H3,(H,42,43)/t18?,19-,32+/m1/s1. The first kappa shape index (κ1) is 28.6. The Morgan fingerprint density at radius 3 is 2.80 bits per heavy atom. The van der Waals surface area contributed by atoms with Crippen LogP contribution in [0.15, 0.2) is 30.5 Å². The lowest BCUT2D eigenvalue weighted by Crippen LogP contribution is -2.43. The van der Waals surface area contributed by atoms with E-state index in [2.05, 4.69) is 19.9 Å². The zero-order chi connectivity index (χ0) is 30.7. The van der Waals surface area contributed by atoms with E-state index in [1.54, 1.807) is 11.8 Å². The zero-order valence-corrected chi connectivity index (χ0v) is 24.2. The molecule has 0 spiro atoms. The third kappa shape index (κ3) is 4.66. The molecule has 3 fully saturated rings. The number of anilines is 1. The number of pyridine rings is 1. The number of halogens is 3. The summed E-state index contributed by atoms with van der Waals surface area (Å²) in [6.07, 6.45) is 3.22. The Kier molecular flexibility index (Phi) is 6.99. The van der Waals surface area contributed by atoms with Crippen molar-refractivity contribution >= 4 is 33.5 Å². The number of rotatable bonds is 7. The molecule has 2 aromatic heterocycles. The minimum atomic E-state index is -0.953. The molecular weight excluding hydrogens is 575 g/mol. The second kappa shape index (κ2) is 10.8. The fraction of sp³-hybridized carbons (Fsp3) is 0.438. The number of aryl methyl sites for hydroxylation is 1. The number of benzene rings is 2. The minimum Gasteiger partial charge on any atom is -0.508 e. The number of alkyl halides is 1. The summed E-state index contributed by atoms with van der Waals surface area (Å²) >= 11 is 0. The molecule has 3 aliphatic heterocycles. The number of aromatic nitrogens is 3. The van der Waals surface area contributed by atoms with Crippen molar-refractivity contribution in [2.24, 2.45) is 5.92 Å². The summed E-state index contributed by atoms with van der Waals surface area (Å²) in [6.45, 7) is 3.60. The van der Waals surface area contributed by atoms with Crippen molar-refractivity contribution in [1.82, 2.24) is 19.9 Å². The van der Waals surface area contributed by atoms with Gasteiger partial charge in [-0.15, -0.1) is 0 Å². The van der Waals surface area contributed by atoms with Crippen LogP contribution >= 0.6 is 0 Å². The van der Waals surface area contributed by atoms with Crippen LogP contribution in [0.25, 0.3) is 32.9 Å². The molecule has 0 saturated carbocycles. The smallest absolute Gasteiger partial charge is 0.319 e. The quantitative estimate of drug-likeness (QED) is 0.291. The number of carboxylic acids is 1.